The summed E-state index contributed by atoms with van der Waals surface area (Å²) in [6.07, 6.45) is -0.0990. The van der Waals surface area contributed by atoms with Crippen LogP contribution in [0.4, 0.5) is 0 Å². The van der Waals surface area contributed by atoms with E-state index in [1.807, 2.05) is 19.9 Å². The van der Waals surface area contributed by atoms with Crippen LogP contribution in [0.15, 0.2) is 51.0 Å². The Labute approximate surface area is 149 Å². The van der Waals surface area contributed by atoms with Crippen LogP contribution >= 0.6 is 0 Å². The Morgan fingerprint density at radius 2 is 2.12 bits per heavy atom. The van der Waals surface area contributed by atoms with Crippen LogP contribution in [0.25, 0.3) is 0 Å². The van der Waals surface area contributed by atoms with Gasteiger partial charge in [-0.1, -0.05) is 18.2 Å². The molecule has 3 N–H and O–H groups in total. The fraction of sp³-hybridized carbons (Fsp3) is 0.263. The van der Waals surface area contributed by atoms with Gasteiger partial charge in [-0.05, 0) is 19.9 Å². The van der Waals surface area contributed by atoms with Gasteiger partial charge in [0.25, 0.3) is 0 Å². The van der Waals surface area contributed by atoms with E-state index in [0.29, 0.717) is 11.3 Å². The maximum Gasteiger partial charge on any atom is 0.228 e. The van der Waals surface area contributed by atoms with E-state index >= 15 is 0 Å². The first-order valence-corrected chi connectivity index (χ1v) is 8.07. The number of para-hydroxylation sites is 1. The summed E-state index contributed by atoms with van der Waals surface area (Å²) in [6.45, 7) is 3.31. The van der Waals surface area contributed by atoms with Crippen molar-refractivity contribution in [1.82, 2.24) is 0 Å². The Morgan fingerprint density at radius 3 is 2.77 bits per heavy atom. The molecular weight excluding hydrogens is 336 g/mol. The van der Waals surface area contributed by atoms with Crippen molar-refractivity contribution in [1.29, 1.82) is 5.26 Å². The van der Waals surface area contributed by atoms with Crippen LogP contribution < -0.4 is 20.6 Å². The van der Waals surface area contributed by atoms with Gasteiger partial charge in [-0.15, -0.1) is 0 Å². The van der Waals surface area contributed by atoms with Crippen LogP contribution in [0, 0.1) is 11.3 Å². The third kappa shape index (κ3) is 3.03. The van der Waals surface area contributed by atoms with Gasteiger partial charge in [-0.3, -0.25) is 4.79 Å². The van der Waals surface area contributed by atoms with E-state index in [2.05, 4.69) is 0 Å². The highest BCUT2D eigenvalue weighted by atomic mass is 16.5. The van der Waals surface area contributed by atoms with Gasteiger partial charge >= 0.3 is 0 Å². The predicted molar refractivity (Wildman–Crippen MR) is 92.4 cm³/mol. The van der Waals surface area contributed by atoms with E-state index in [1.54, 1.807) is 24.3 Å². The average molecular weight is 354 g/mol. The normalized spacial score (nSPS) is 16.0. The van der Waals surface area contributed by atoms with Crippen LogP contribution in [0.5, 0.6) is 11.5 Å². The second kappa shape index (κ2) is 6.94. The Balaban J connectivity index is 2.29. The Morgan fingerprint density at radius 1 is 1.38 bits per heavy atom. The second-order valence-corrected chi connectivity index (χ2v) is 6.06. The summed E-state index contributed by atoms with van der Waals surface area (Å²) in [7, 11) is 0. The molecule has 0 saturated carbocycles. The Kier molecular flexibility index (Phi) is 4.69. The Hall–Kier alpha value is -3.24. The van der Waals surface area contributed by atoms with Crippen molar-refractivity contribution >= 4 is 0 Å². The molecule has 0 saturated heterocycles. The first kappa shape index (κ1) is 17.6. The summed E-state index contributed by atoms with van der Waals surface area (Å²) >= 11 is 0. The van der Waals surface area contributed by atoms with E-state index in [9.17, 15) is 15.2 Å². The number of fused-ring (bicyclic) bond motifs is 1. The summed E-state index contributed by atoms with van der Waals surface area (Å²) in [6, 6.07) is 10.3. The summed E-state index contributed by atoms with van der Waals surface area (Å²) < 4.78 is 16.9. The number of nitriles is 1. The largest absolute Gasteiger partial charge is 0.491 e. The minimum absolute atomic E-state index is 0.0716. The van der Waals surface area contributed by atoms with E-state index < -0.39 is 18.0 Å². The fourth-order valence-corrected chi connectivity index (χ4v) is 2.85. The van der Waals surface area contributed by atoms with Crippen molar-refractivity contribution in [3.63, 3.8) is 0 Å². The number of aliphatic hydroxyl groups is 1. The highest BCUT2D eigenvalue weighted by Crippen LogP contribution is 2.44. The zero-order valence-electron chi connectivity index (χ0n) is 14.4. The summed E-state index contributed by atoms with van der Waals surface area (Å²) in [4.78, 5) is 12.3. The number of nitrogens with two attached hydrogens (primary N) is 1. The monoisotopic (exact) mass is 354 g/mol. The number of nitrogens with zero attached hydrogens (tertiary/aromatic N) is 1. The fourth-order valence-electron chi connectivity index (χ4n) is 2.85. The topological polar surface area (TPSA) is 119 Å². The van der Waals surface area contributed by atoms with Gasteiger partial charge in [0, 0.05) is 11.6 Å². The molecule has 7 heteroatoms. The predicted octanol–water partition coefficient (Wildman–Crippen LogP) is 2.14. The lowest BCUT2D eigenvalue weighted by atomic mass is 9.87. The second-order valence-electron chi connectivity index (χ2n) is 6.06. The number of hydrogen-bond acceptors (Lipinski definition) is 7. The average Bonchev–Trinajstić information content (AvgIpc) is 2.61. The molecule has 1 atom stereocenters. The number of benzene rings is 1. The van der Waals surface area contributed by atoms with Gasteiger partial charge in [0.2, 0.25) is 17.1 Å². The van der Waals surface area contributed by atoms with Crippen LogP contribution in [-0.4, -0.2) is 11.2 Å². The molecule has 3 rings (SSSR count). The molecule has 0 bridgehead atoms. The van der Waals surface area contributed by atoms with E-state index in [4.69, 9.17) is 19.6 Å². The molecule has 0 unspecified atom stereocenters. The first-order valence-electron chi connectivity index (χ1n) is 8.07. The molecule has 0 spiro atoms. The molecule has 7 nitrogen and oxygen atoms in total. The third-order valence-corrected chi connectivity index (χ3v) is 3.88. The molecule has 134 valence electrons. The van der Waals surface area contributed by atoms with Crippen LogP contribution in [0.3, 0.4) is 0 Å². The van der Waals surface area contributed by atoms with Crippen molar-refractivity contribution in [2.45, 2.75) is 32.5 Å². The van der Waals surface area contributed by atoms with Crippen molar-refractivity contribution in [3.05, 3.63) is 69.1 Å². The maximum absolute atomic E-state index is 12.3. The number of allylic oxidation sites excluding steroid dienone is 1. The van der Waals surface area contributed by atoms with Gasteiger partial charge in [0.1, 0.15) is 29.8 Å². The maximum atomic E-state index is 12.3. The van der Waals surface area contributed by atoms with E-state index in [0.717, 1.165) is 6.07 Å². The van der Waals surface area contributed by atoms with Crippen molar-refractivity contribution in [2.24, 2.45) is 5.73 Å². The molecule has 1 aliphatic rings. The Bertz CT molecular complexity index is 969. The molecule has 1 aromatic carbocycles. The van der Waals surface area contributed by atoms with Crippen LogP contribution in [0.1, 0.15) is 36.8 Å². The molecule has 0 amide bonds. The van der Waals surface area contributed by atoms with Crippen molar-refractivity contribution < 1.29 is 19.0 Å². The lowest BCUT2D eigenvalue weighted by Gasteiger charge is -2.26. The summed E-state index contributed by atoms with van der Waals surface area (Å²) in [5.41, 5.74) is 6.12. The standard InChI is InChI=1S/C19H18N2O5/c1-10(2)24-15-6-4-3-5-12(15)16-13(8-20)19(21)26-17-14(23)7-11(9-22)25-18(16)17/h3-7,10,16,22H,9,21H2,1-2H3/t16-/m0/s1. The quantitative estimate of drug-likeness (QED) is 0.863. The molecule has 1 aromatic heterocycles. The SMILES string of the molecule is CC(C)Oc1ccccc1[C@H]1C(C#N)=C(N)Oc2c1oc(CO)cc2=O. The molecule has 2 aromatic rings. The highest BCUT2D eigenvalue weighted by Gasteiger charge is 2.36. The molecule has 26 heavy (non-hydrogen) atoms. The number of rotatable bonds is 4. The van der Waals surface area contributed by atoms with Crippen molar-refractivity contribution in [3.8, 4) is 17.6 Å². The molecule has 1 aliphatic heterocycles. The zero-order valence-corrected chi connectivity index (χ0v) is 14.4. The lowest BCUT2D eigenvalue weighted by molar-refractivity contribution is 0.228. The third-order valence-electron chi connectivity index (χ3n) is 3.88. The summed E-state index contributed by atoms with van der Waals surface area (Å²) in [5, 5.41) is 19.0. The minimum atomic E-state index is -0.780. The molecule has 0 fully saturated rings. The van der Waals surface area contributed by atoms with Gasteiger partial charge in [0.05, 0.1) is 12.0 Å². The van der Waals surface area contributed by atoms with Crippen LogP contribution in [0.2, 0.25) is 0 Å². The molecule has 2 heterocycles. The number of aliphatic hydroxyl groups excluding tert-OH is 1. The number of ether oxygens (including phenoxy) is 2. The van der Waals surface area contributed by atoms with Crippen molar-refractivity contribution in [2.75, 3.05) is 0 Å². The molecule has 0 aliphatic carbocycles. The zero-order chi connectivity index (χ0) is 18.8. The van der Waals surface area contributed by atoms with E-state index in [-0.39, 0.29) is 34.8 Å². The van der Waals surface area contributed by atoms with Gasteiger partial charge in [0.15, 0.2) is 5.76 Å². The van der Waals surface area contributed by atoms with Gasteiger partial charge < -0.3 is 24.7 Å². The first-order chi connectivity index (χ1) is 12.5. The van der Waals surface area contributed by atoms with E-state index in [1.165, 1.54) is 0 Å². The molecule has 0 radical (unpaired) electrons. The summed E-state index contributed by atoms with van der Waals surface area (Å²) in [5.74, 6) is -0.304. The van der Waals surface area contributed by atoms with Crippen LogP contribution in [-0.2, 0) is 6.61 Å². The molecular formula is C19H18N2O5. The van der Waals surface area contributed by atoms with Gasteiger partial charge in [-0.25, -0.2) is 0 Å². The number of hydrogen-bond donors (Lipinski definition) is 2. The minimum Gasteiger partial charge on any atom is -0.491 e. The van der Waals surface area contributed by atoms with Gasteiger partial charge in [-0.2, -0.15) is 5.26 Å². The smallest absolute Gasteiger partial charge is 0.228 e. The highest BCUT2D eigenvalue weighted by molar-refractivity contribution is 5.55. The lowest BCUT2D eigenvalue weighted by Crippen LogP contribution is -2.26.